The van der Waals surface area contributed by atoms with Gasteiger partial charge >= 0.3 is 0 Å². The summed E-state index contributed by atoms with van der Waals surface area (Å²) < 4.78 is 0. The smallest absolute Gasteiger partial charge is 0.220 e. The van der Waals surface area contributed by atoms with E-state index in [1.807, 2.05) is 6.07 Å². The van der Waals surface area contributed by atoms with Crippen LogP contribution >= 0.6 is 0 Å². The highest BCUT2D eigenvalue weighted by atomic mass is 16.3. The van der Waals surface area contributed by atoms with E-state index in [4.69, 9.17) is 5.73 Å². The third-order valence-corrected chi connectivity index (χ3v) is 3.24. The van der Waals surface area contributed by atoms with Gasteiger partial charge in [-0.2, -0.15) is 0 Å². The van der Waals surface area contributed by atoms with Crippen LogP contribution in [0.3, 0.4) is 0 Å². The molecular weight excluding hydrogens is 278 g/mol. The van der Waals surface area contributed by atoms with Crippen LogP contribution in [0.25, 0.3) is 11.3 Å². The summed E-state index contributed by atoms with van der Waals surface area (Å²) in [7, 11) is 0. The molecule has 1 aromatic heterocycles. The number of aromatic nitrogens is 2. The fourth-order valence-corrected chi connectivity index (χ4v) is 2.16. The van der Waals surface area contributed by atoms with E-state index in [1.165, 1.54) is 12.3 Å². The van der Waals surface area contributed by atoms with E-state index in [2.05, 4.69) is 9.97 Å². The van der Waals surface area contributed by atoms with Crippen molar-refractivity contribution in [2.75, 3.05) is 5.73 Å². The summed E-state index contributed by atoms with van der Waals surface area (Å²) in [6.07, 6.45) is 1.50. The molecule has 1 heterocycles. The number of aromatic hydroxyl groups is 1. The van der Waals surface area contributed by atoms with Crippen molar-refractivity contribution in [3.63, 3.8) is 0 Å². The van der Waals surface area contributed by atoms with Gasteiger partial charge in [-0.3, -0.25) is 4.79 Å². The van der Waals surface area contributed by atoms with Crippen LogP contribution in [0, 0.1) is 0 Å². The Morgan fingerprint density at radius 2 is 1.77 bits per heavy atom. The van der Waals surface area contributed by atoms with Crippen LogP contribution in [0.4, 0.5) is 5.95 Å². The molecule has 0 spiro atoms. The number of nitrogen functional groups attached to an aromatic ring is 1. The minimum atomic E-state index is -0.121. The molecule has 0 bridgehead atoms. The Morgan fingerprint density at radius 3 is 2.50 bits per heavy atom. The number of nitrogens with two attached hydrogens (primary N) is 1. The maximum absolute atomic E-state index is 12.5. The van der Waals surface area contributed by atoms with E-state index in [-0.39, 0.29) is 17.5 Å². The zero-order chi connectivity index (χ0) is 15.5. The molecule has 0 radical (unpaired) electrons. The van der Waals surface area contributed by atoms with Crippen LogP contribution in [0.15, 0.2) is 60.8 Å². The first-order valence-corrected chi connectivity index (χ1v) is 6.67. The number of carbonyl (C=O) groups excluding carboxylic acids is 1. The highest BCUT2D eigenvalue weighted by molar-refractivity contribution is 6.09. The lowest BCUT2D eigenvalue weighted by Crippen LogP contribution is -2.02. The summed E-state index contributed by atoms with van der Waals surface area (Å²) in [5, 5.41) is 10.0. The molecule has 0 atom stereocenters. The van der Waals surface area contributed by atoms with Gasteiger partial charge in [-0.25, -0.2) is 9.97 Å². The lowest BCUT2D eigenvalue weighted by Gasteiger charge is -2.07. The van der Waals surface area contributed by atoms with Crippen molar-refractivity contribution in [1.29, 1.82) is 0 Å². The van der Waals surface area contributed by atoms with Gasteiger partial charge in [-0.05, 0) is 24.3 Å². The number of benzene rings is 2. The van der Waals surface area contributed by atoms with Crippen molar-refractivity contribution in [3.05, 3.63) is 71.9 Å². The highest BCUT2D eigenvalue weighted by Crippen LogP contribution is 2.29. The largest absolute Gasteiger partial charge is 0.507 e. The van der Waals surface area contributed by atoms with Gasteiger partial charge in [0.1, 0.15) is 5.75 Å². The second kappa shape index (κ2) is 5.65. The summed E-state index contributed by atoms with van der Waals surface area (Å²) >= 11 is 0. The number of phenolic OH excluding ortho intramolecular Hbond substituents is 1. The first-order chi connectivity index (χ1) is 10.6. The summed E-state index contributed by atoms with van der Waals surface area (Å²) in [6, 6.07) is 15.2. The van der Waals surface area contributed by atoms with Crippen LogP contribution in [-0.2, 0) is 0 Å². The minimum Gasteiger partial charge on any atom is -0.507 e. The predicted molar refractivity (Wildman–Crippen MR) is 83.4 cm³/mol. The Hall–Kier alpha value is -3.21. The van der Waals surface area contributed by atoms with Crippen molar-refractivity contribution in [2.45, 2.75) is 0 Å². The van der Waals surface area contributed by atoms with E-state index in [1.54, 1.807) is 42.5 Å². The molecule has 5 nitrogen and oxygen atoms in total. The second-order valence-electron chi connectivity index (χ2n) is 4.73. The second-order valence-corrected chi connectivity index (χ2v) is 4.73. The zero-order valence-corrected chi connectivity index (χ0v) is 11.6. The molecule has 0 fully saturated rings. The van der Waals surface area contributed by atoms with E-state index in [0.29, 0.717) is 22.4 Å². The van der Waals surface area contributed by atoms with Crippen LogP contribution in [0.2, 0.25) is 0 Å². The Kier molecular flexibility index (Phi) is 3.53. The maximum Gasteiger partial charge on any atom is 0.220 e. The van der Waals surface area contributed by atoms with Crippen LogP contribution in [-0.4, -0.2) is 20.9 Å². The molecule has 108 valence electrons. The number of hydrogen-bond acceptors (Lipinski definition) is 5. The van der Waals surface area contributed by atoms with Gasteiger partial charge in [0.15, 0.2) is 5.78 Å². The lowest BCUT2D eigenvalue weighted by molar-refractivity contribution is 0.103. The third-order valence-electron chi connectivity index (χ3n) is 3.24. The van der Waals surface area contributed by atoms with Gasteiger partial charge < -0.3 is 10.8 Å². The van der Waals surface area contributed by atoms with Gasteiger partial charge in [-0.15, -0.1) is 0 Å². The molecule has 0 aliphatic rings. The van der Waals surface area contributed by atoms with Crippen molar-refractivity contribution in [3.8, 4) is 17.0 Å². The third kappa shape index (κ3) is 2.64. The first kappa shape index (κ1) is 13.8. The minimum absolute atomic E-state index is 0.0303. The molecule has 0 aliphatic heterocycles. The molecule has 3 rings (SSSR count). The van der Waals surface area contributed by atoms with Gasteiger partial charge in [0.2, 0.25) is 5.95 Å². The van der Waals surface area contributed by atoms with Crippen molar-refractivity contribution in [1.82, 2.24) is 9.97 Å². The van der Waals surface area contributed by atoms with Crippen molar-refractivity contribution >= 4 is 11.7 Å². The first-order valence-electron chi connectivity index (χ1n) is 6.67. The van der Waals surface area contributed by atoms with Crippen LogP contribution < -0.4 is 5.73 Å². The average Bonchev–Trinajstić information content (AvgIpc) is 2.55. The van der Waals surface area contributed by atoms with Crippen molar-refractivity contribution < 1.29 is 9.90 Å². The number of hydrogen-bond donors (Lipinski definition) is 2. The fraction of sp³-hybridized carbons (Fsp3) is 0. The number of ketones is 1. The van der Waals surface area contributed by atoms with E-state index in [0.717, 1.165) is 0 Å². The summed E-state index contributed by atoms with van der Waals surface area (Å²) in [5.74, 6) is 0.0169. The average molecular weight is 291 g/mol. The normalized spacial score (nSPS) is 10.4. The summed E-state index contributed by atoms with van der Waals surface area (Å²) in [4.78, 5) is 20.4. The number of carbonyl (C=O) groups is 1. The summed E-state index contributed by atoms with van der Waals surface area (Å²) in [6.45, 7) is 0. The number of anilines is 1. The number of phenols is 1. The van der Waals surface area contributed by atoms with Crippen molar-refractivity contribution in [2.24, 2.45) is 0 Å². The molecule has 0 saturated carbocycles. The van der Waals surface area contributed by atoms with E-state index in [9.17, 15) is 9.90 Å². The number of nitrogens with zero attached hydrogens (tertiary/aromatic N) is 2. The molecule has 5 heteroatoms. The molecule has 3 N–H and O–H groups in total. The van der Waals surface area contributed by atoms with E-state index < -0.39 is 0 Å². The topological polar surface area (TPSA) is 89.1 Å². The Morgan fingerprint density at radius 1 is 1.00 bits per heavy atom. The molecule has 3 aromatic rings. The SMILES string of the molecule is Nc1nccc(-c2cc(C(=O)c3ccccc3)ccc2O)n1. The maximum atomic E-state index is 12.5. The Bertz CT molecular complexity index is 832. The zero-order valence-electron chi connectivity index (χ0n) is 11.6. The Labute approximate surface area is 127 Å². The van der Waals surface area contributed by atoms with Gasteiger partial charge in [0, 0.05) is 22.9 Å². The standard InChI is InChI=1S/C17H13N3O2/c18-17-19-9-8-14(20-17)13-10-12(6-7-15(13)21)16(22)11-4-2-1-3-5-11/h1-10,21H,(H2,18,19,20). The molecule has 0 saturated heterocycles. The number of rotatable bonds is 3. The molecule has 2 aromatic carbocycles. The fourth-order valence-electron chi connectivity index (χ4n) is 2.16. The monoisotopic (exact) mass is 291 g/mol. The quantitative estimate of drug-likeness (QED) is 0.724. The van der Waals surface area contributed by atoms with Gasteiger partial charge in [0.25, 0.3) is 0 Å². The van der Waals surface area contributed by atoms with Crippen LogP contribution in [0.5, 0.6) is 5.75 Å². The predicted octanol–water partition coefficient (Wildman–Crippen LogP) is 2.66. The molecular formula is C17H13N3O2. The molecule has 0 unspecified atom stereocenters. The van der Waals surface area contributed by atoms with Crippen LogP contribution in [0.1, 0.15) is 15.9 Å². The lowest BCUT2D eigenvalue weighted by atomic mass is 9.99. The molecule has 0 aliphatic carbocycles. The van der Waals surface area contributed by atoms with E-state index >= 15 is 0 Å². The van der Waals surface area contributed by atoms with Gasteiger partial charge in [-0.1, -0.05) is 30.3 Å². The van der Waals surface area contributed by atoms with Gasteiger partial charge in [0.05, 0.1) is 5.69 Å². The Balaban J connectivity index is 2.05. The summed E-state index contributed by atoms with van der Waals surface area (Å²) in [5.41, 5.74) is 7.52. The molecule has 22 heavy (non-hydrogen) atoms. The highest BCUT2D eigenvalue weighted by Gasteiger charge is 2.13. The molecule has 0 amide bonds.